The second-order valence-corrected chi connectivity index (χ2v) is 14.2. The van der Waals surface area contributed by atoms with Gasteiger partial charge in [-0.2, -0.15) is 0 Å². The Morgan fingerprint density at radius 3 is 1.54 bits per heavy atom. The van der Waals surface area contributed by atoms with Crippen molar-refractivity contribution in [3.63, 3.8) is 0 Å². The van der Waals surface area contributed by atoms with Crippen LogP contribution >= 0.6 is 0 Å². The van der Waals surface area contributed by atoms with Crippen molar-refractivity contribution >= 4 is 15.8 Å². The standard InChI is InChI=1S/C42H35NO4S/c1-48(45,43-41(44)46-30-40-38-23-13-11-21-36(38)37-22-12-14-24-39(37)40)35-27-25-31(26-28-35)29-47-42(32-15-5-2-6-16-32,33-17-7-3-8-18-33)34-19-9-4-10-20-34/h2-28,40H,29-30H2,1H3. The lowest BCUT2D eigenvalue weighted by Crippen LogP contribution is -2.32. The van der Waals surface area contributed by atoms with Crippen molar-refractivity contribution in [3.8, 4) is 11.1 Å². The van der Waals surface area contributed by atoms with Gasteiger partial charge < -0.3 is 9.47 Å². The van der Waals surface area contributed by atoms with Gasteiger partial charge in [0.15, 0.2) is 0 Å². The van der Waals surface area contributed by atoms with E-state index in [9.17, 15) is 9.00 Å². The molecule has 0 spiro atoms. The number of fused-ring (bicyclic) bond motifs is 3. The predicted octanol–water partition coefficient (Wildman–Crippen LogP) is 9.60. The van der Waals surface area contributed by atoms with Crippen LogP contribution in [0.1, 0.15) is 39.3 Å². The molecule has 238 valence electrons. The van der Waals surface area contributed by atoms with E-state index in [2.05, 4.69) is 65.0 Å². The minimum absolute atomic E-state index is 0.0986. The minimum atomic E-state index is -3.06. The maximum atomic E-state index is 13.7. The number of rotatable bonds is 9. The minimum Gasteiger partial charge on any atom is -0.446 e. The van der Waals surface area contributed by atoms with Gasteiger partial charge >= 0.3 is 6.09 Å². The van der Waals surface area contributed by atoms with Crippen LogP contribution in [0.2, 0.25) is 0 Å². The first-order valence-electron chi connectivity index (χ1n) is 15.9. The maximum Gasteiger partial charge on any atom is 0.442 e. The molecule has 0 fully saturated rings. The molecule has 6 aromatic rings. The zero-order chi connectivity index (χ0) is 33.0. The summed E-state index contributed by atoms with van der Waals surface area (Å²) in [7, 11) is -3.06. The van der Waals surface area contributed by atoms with Crippen LogP contribution in [0, 0.1) is 0 Å². The highest BCUT2D eigenvalue weighted by molar-refractivity contribution is 7.93. The molecule has 0 saturated carbocycles. The van der Waals surface area contributed by atoms with E-state index >= 15 is 0 Å². The number of carbonyl (C=O) groups is 1. The van der Waals surface area contributed by atoms with Crippen molar-refractivity contribution in [1.82, 2.24) is 0 Å². The lowest BCUT2D eigenvalue weighted by atomic mass is 9.80. The monoisotopic (exact) mass is 649 g/mol. The third-order valence-electron chi connectivity index (χ3n) is 8.94. The fraction of sp³-hybridized carbons (Fsp3) is 0.119. The molecule has 0 aliphatic heterocycles. The van der Waals surface area contributed by atoms with Gasteiger partial charge in [-0.1, -0.05) is 152 Å². The van der Waals surface area contributed by atoms with Gasteiger partial charge in [0.2, 0.25) is 0 Å². The van der Waals surface area contributed by atoms with Crippen molar-refractivity contribution in [1.29, 1.82) is 0 Å². The van der Waals surface area contributed by atoms with Crippen molar-refractivity contribution in [2.75, 3.05) is 12.9 Å². The normalized spacial score (nSPS) is 13.6. The molecular weight excluding hydrogens is 615 g/mol. The molecule has 0 heterocycles. The van der Waals surface area contributed by atoms with Crippen molar-refractivity contribution < 1.29 is 18.5 Å². The van der Waals surface area contributed by atoms with Gasteiger partial charge in [0.05, 0.1) is 16.3 Å². The van der Waals surface area contributed by atoms with Crippen LogP contribution in [-0.2, 0) is 31.4 Å². The highest BCUT2D eigenvalue weighted by Gasteiger charge is 2.37. The molecule has 0 radical (unpaired) electrons. The van der Waals surface area contributed by atoms with E-state index in [1.165, 1.54) is 6.26 Å². The van der Waals surface area contributed by atoms with E-state index in [0.717, 1.165) is 44.5 Å². The summed E-state index contributed by atoms with van der Waals surface area (Å²) in [6.45, 7) is 0.404. The molecule has 1 unspecified atom stereocenters. The topological polar surface area (TPSA) is 65.0 Å². The van der Waals surface area contributed by atoms with Gasteiger partial charge in [-0.25, -0.2) is 9.00 Å². The highest BCUT2D eigenvalue weighted by Crippen LogP contribution is 2.45. The average molecular weight is 650 g/mol. The first-order chi connectivity index (χ1) is 23.5. The Morgan fingerprint density at radius 2 is 1.06 bits per heavy atom. The summed E-state index contributed by atoms with van der Waals surface area (Å²) in [5, 5.41) is 0. The number of ether oxygens (including phenoxy) is 2. The van der Waals surface area contributed by atoms with Gasteiger partial charge in [-0.05, 0) is 56.6 Å². The second kappa shape index (κ2) is 13.4. The molecule has 7 rings (SSSR count). The summed E-state index contributed by atoms with van der Waals surface area (Å²) in [5.41, 5.74) is 7.57. The van der Waals surface area contributed by atoms with E-state index in [0.29, 0.717) is 4.90 Å². The molecule has 0 N–H and O–H groups in total. The van der Waals surface area contributed by atoms with Gasteiger partial charge in [0, 0.05) is 17.1 Å². The zero-order valence-electron chi connectivity index (χ0n) is 26.6. The number of carbonyl (C=O) groups excluding carboxylic acids is 1. The molecule has 1 aliphatic carbocycles. The number of hydrogen-bond donors (Lipinski definition) is 0. The summed E-state index contributed by atoms with van der Waals surface area (Å²) in [6, 6.07) is 54.1. The van der Waals surface area contributed by atoms with Gasteiger partial charge in [0.25, 0.3) is 0 Å². The molecule has 1 atom stereocenters. The van der Waals surface area contributed by atoms with E-state index in [-0.39, 0.29) is 19.1 Å². The van der Waals surface area contributed by atoms with Crippen molar-refractivity contribution in [3.05, 3.63) is 197 Å². The van der Waals surface area contributed by atoms with Crippen LogP contribution in [0.5, 0.6) is 0 Å². The lowest BCUT2D eigenvalue weighted by Gasteiger charge is -2.36. The number of amides is 1. The molecule has 6 heteroatoms. The fourth-order valence-electron chi connectivity index (χ4n) is 6.61. The van der Waals surface area contributed by atoms with Crippen LogP contribution in [0.15, 0.2) is 173 Å². The van der Waals surface area contributed by atoms with Crippen molar-refractivity contribution in [2.24, 2.45) is 4.36 Å². The largest absolute Gasteiger partial charge is 0.446 e. The molecular formula is C42H35NO4S. The smallest absolute Gasteiger partial charge is 0.442 e. The van der Waals surface area contributed by atoms with E-state index in [4.69, 9.17) is 9.47 Å². The Labute approximate surface area is 282 Å². The Kier molecular flexibility index (Phi) is 8.76. The third kappa shape index (κ3) is 6.08. The third-order valence-corrected chi connectivity index (χ3v) is 10.6. The average Bonchev–Trinajstić information content (AvgIpc) is 3.46. The molecule has 48 heavy (non-hydrogen) atoms. The number of nitrogens with zero attached hydrogens (tertiary/aromatic N) is 1. The first kappa shape index (κ1) is 31.3. The first-order valence-corrected chi connectivity index (χ1v) is 17.8. The lowest BCUT2D eigenvalue weighted by molar-refractivity contribution is 0.000223. The van der Waals surface area contributed by atoms with E-state index in [1.54, 1.807) is 12.1 Å². The number of hydrogen-bond acceptors (Lipinski definition) is 4. The summed E-state index contributed by atoms with van der Waals surface area (Å²) < 4.78 is 30.2. The maximum absolute atomic E-state index is 13.7. The second-order valence-electron chi connectivity index (χ2n) is 11.9. The highest BCUT2D eigenvalue weighted by atomic mass is 32.2. The summed E-state index contributed by atoms with van der Waals surface area (Å²) in [5.74, 6) is -0.0986. The van der Waals surface area contributed by atoms with Gasteiger partial charge in [0.1, 0.15) is 12.2 Å². The van der Waals surface area contributed by atoms with Gasteiger partial charge in [-0.3, -0.25) is 0 Å². The van der Waals surface area contributed by atoms with Crippen LogP contribution in [-0.4, -0.2) is 23.2 Å². The quantitative estimate of drug-likeness (QED) is 0.146. The Hall–Kier alpha value is -5.30. The molecule has 1 amide bonds. The Bertz CT molecular complexity index is 2020. The Morgan fingerprint density at radius 1 is 0.625 bits per heavy atom. The van der Waals surface area contributed by atoms with Crippen LogP contribution in [0.4, 0.5) is 4.79 Å². The molecule has 1 aliphatic rings. The number of benzene rings is 6. The molecule has 0 bridgehead atoms. The van der Waals surface area contributed by atoms with Crippen LogP contribution < -0.4 is 0 Å². The fourth-order valence-corrected chi connectivity index (χ4v) is 7.70. The van der Waals surface area contributed by atoms with Crippen LogP contribution in [0.3, 0.4) is 0 Å². The Balaban J connectivity index is 1.10. The van der Waals surface area contributed by atoms with Crippen molar-refractivity contribution in [2.45, 2.75) is 23.0 Å². The summed E-state index contributed by atoms with van der Waals surface area (Å²) in [6.07, 6.45) is 0.626. The zero-order valence-corrected chi connectivity index (χ0v) is 27.4. The summed E-state index contributed by atoms with van der Waals surface area (Å²) >= 11 is 0. The van der Waals surface area contributed by atoms with Crippen LogP contribution in [0.25, 0.3) is 11.1 Å². The molecule has 5 nitrogen and oxygen atoms in total. The molecule has 6 aromatic carbocycles. The SMILES string of the molecule is CS(=O)(=NC(=O)OCC1c2ccccc2-c2ccccc21)c1ccc(COC(c2ccccc2)(c2ccccc2)c2ccccc2)cc1. The molecule has 0 aromatic heterocycles. The summed E-state index contributed by atoms with van der Waals surface area (Å²) in [4.78, 5) is 13.4. The predicted molar refractivity (Wildman–Crippen MR) is 190 cm³/mol. The molecule has 0 saturated heterocycles. The van der Waals surface area contributed by atoms with E-state index < -0.39 is 21.4 Å². The van der Waals surface area contributed by atoms with Gasteiger partial charge in [-0.15, -0.1) is 4.36 Å². The van der Waals surface area contributed by atoms with E-state index in [1.807, 2.05) is 91.0 Å².